The zero-order valence-electron chi connectivity index (χ0n) is 16.1. The van der Waals surface area contributed by atoms with Gasteiger partial charge in [0.1, 0.15) is 17.9 Å². The van der Waals surface area contributed by atoms with E-state index in [0.717, 1.165) is 22.3 Å². The molecule has 150 valence electrons. The number of hydrogen-bond donors (Lipinski definition) is 1. The summed E-state index contributed by atoms with van der Waals surface area (Å²) in [4.78, 5) is 12.9. The number of carbonyl (C=O) groups excluding carboxylic acids is 1. The van der Waals surface area contributed by atoms with E-state index in [1.165, 1.54) is 0 Å². The largest absolute Gasteiger partial charge is 0.489 e. The van der Waals surface area contributed by atoms with Gasteiger partial charge in [-0.25, -0.2) is 0 Å². The van der Waals surface area contributed by atoms with Crippen molar-refractivity contribution in [2.24, 2.45) is 0 Å². The zero-order valence-corrected chi connectivity index (χ0v) is 16.1. The Hall–Kier alpha value is -3.93. The SMILES string of the molecule is O=C(NCc1ccc2c(c1)OCO2)c1oc2ccccc2c1COc1ccccc1. The summed E-state index contributed by atoms with van der Waals surface area (Å²) < 4.78 is 22.5. The van der Waals surface area contributed by atoms with Crippen molar-refractivity contribution in [2.75, 3.05) is 6.79 Å². The molecule has 0 atom stereocenters. The van der Waals surface area contributed by atoms with Gasteiger partial charge in [0.2, 0.25) is 6.79 Å². The van der Waals surface area contributed by atoms with Gasteiger partial charge in [0, 0.05) is 17.5 Å². The van der Waals surface area contributed by atoms with E-state index in [0.29, 0.717) is 23.6 Å². The minimum atomic E-state index is -0.296. The molecule has 2 heterocycles. The van der Waals surface area contributed by atoms with Crippen LogP contribution in [0.2, 0.25) is 0 Å². The number of fused-ring (bicyclic) bond motifs is 2. The second-order valence-electron chi connectivity index (χ2n) is 6.88. The minimum Gasteiger partial charge on any atom is -0.489 e. The van der Waals surface area contributed by atoms with Crippen LogP contribution in [0.15, 0.2) is 77.2 Å². The maximum Gasteiger partial charge on any atom is 0.287 e. The summed E-state index contributed by atoms with van der Waals surface area (Å²) in [6.07, 6.45) is 0. The lowest BCUT2D eigenvalue weighted by Crippen LogP contribution is -2.23. The first-order valence-corrected chi connectivity index (χ1v) is 9.63. The lowest BCUT2D eigenvalue weighted by Gasteiger charge is -2.08. The summed E-state index contributed by atoms with van der Waals surface area (Å²) in [5.41, 5.74) is 2.28. The van der Waals surface area contributed by atoms with Gasteiger partial charge in [0.05, 0.1) is 0 Å². The van der Waals surface area contributed by atoms with Crippen LogP contribution in [0.4, 0.5) is 0 Å². The van der Waals surface area contributed by atoms with Crippen molar-refractivity contribution >= 4 is 16.9 Å². The molecule has 0 aliphatic carbocycles. The summed E-state index contributed by atoms with van der Waals surface area (Å²) in [6, 6.07) is 22.6. The fourth-order valence-corrected chi connectivity index (χ4v) is 3.41. The number of rotatable bonds is 6. The Labute approximate surface area is 173 Å². The fraction of sp³-hybridized carbons (Fsp3) is 0.125. The highest BCUT2D eigenvalue weighted by molar-refractivity contribution is 5.99. The van der Waals surface area contributed by atoms with E-state index >= 15 is 0 Å². The van der Waals surface area contributed by atoms with Gasteiger partial charge in [0.15, 0.2) is 17.3 Å². The molecule has 1 amide bonds. The van der Waals surface area contributed by atoms with Gasteiger partial charge in [0.25, 0.3) is 5.91 Å². The molecule has 30 heavy (non-hydrogen) atoms. The van der Waals surface area contributed by atoms with Gasteiger partial charge >= 0.3 is 0 Å². The number of hydrogen-bond acceptors (Lipinski definition) is 5. The first-order chi connectivity index (χ1) is 14.8. The van der Waals surface area contributed by atoms with Gasteiger partial charge in [-0.3, -0.25) is 4.79 Å². The quantitative estimate of drug-likeness (QED) is 0.508. The number of ether oxygens (including phenoxy) is 3. The molecule has 1 aliphatic heterocycles. The number of furan rings is 1. The van der Waals surface area contributed by atoms with E-state index in [4.69, 9.17) is 18.6 Å². The lowest BCUT2D eigenvalue weighted by molar-refractivity contribution is 0.0921. The van der Waals surface area contributed by atoms with Crippen molar-refractivity contribution in [3.8, 4) is 17.2 Å². The lowest BCUT2D eigenvalue weighted by atomic mass is 10.1. The number of amides is 1. The Bertz CT molecular complexity index is 1200. The molecule has 0 saturated carbocycles. The number of benzene rings is 3. The summed E-state index contributed by atoms with van der Waals surface area (Å²) in [6.45, 7) is 0.786. The van der Waals surface area contributed by atoms with Crippen molar-refractivity contribution < 1.29 is 23.4 Å². The van der Waals surface area contributed by atoms with Crippen LogP contribution in [-0.2, 0) is 13.2 Å². The van der Waals surface area contributed by atoms with Crippen LogP contribution in [-0.4, -0.2) is 12.7 Å². The third-order valence-electron chi connectivity index (χ3n) is 4.92. The minimum absolute atomic E-state index is 0.217. The molecule has 6 nitrogen and oxygen atoms in total. The van der Waals surface area contributed by atoms with Crippen molar-refractivity contribution in [2.45, 2.75) is 13.2 Å². The fourth-order valence-electron chi connectivity index (χ4n) is 3.41. The molecule has 5 rings (SSSR count). The van der Waals surface area contributed by atoms with Crippen molar-refractivity contribution in [3.05, 3.63) is 89.7 Å². The molecule has 6 heteroatoms. The molecule has 0 bridgehead atoms. The molecule has 3 aromatic carbocycles. The molecule has 1 aliphatic rings. The topological polar surface area (TPSA) is 69.9 Å². The standard InChI is InChI=1S/C24H19NO5/c26-24(25-13-16-10-11-21-22(12-16)29-15-28-21)23-19(14-27-17-6-2-1-3-7-17)18-8-4-5-9-20(18)30-23/h1-12H,13-15H2,(H,25,26). The van der Waals surface area contributed by atoms with Gasteiger partial charge in [-0.2, -0.15) is 0 Å². The third-order valence-corrected chi connectivity index (χ3v) is 4.92. The highest BCUT2D eigenvalue weighted by Crippen LogP contribution is 2.32. The Kier molecular flexibility index (Phi) is 4.73. The van der Waals surface area contributed by atoms with Crippen molar-refractivity contribution in [3.63, 3.8) is 0 Å². The van der Waals surface area contributed by atoms with Gasteiger partial charge in [-0.05, 0) is 35.9 Å². The number of para-hydroxylation sites is 2. The first-order valence-electron chi connectivity index (χ1n) is 9.63. The average molecular weight is 401 g/mol. The van der Waals surface area contributed by atoms with E-state index < -0.39 is 0 Å². The molecular formula is C24H19NO5. The van der Waals surface area contributed by atoms with E-state index in [1.807, 2.05) is 72.8 Å². The summed E-state index contributed by atoms with van der Waals surface area (Å²) in [5.74, 6) is 2.09. The summed E-state index contributed by atoms with van der Waals surface area (Å²) in [5, 5.41) is 3.78. The van der Waals surface area contributed by atoms with Crippen LogP contribution in [0.25, 0.3) is 11.0 Å². The van der Waals surface area contributed by atoms with Gasteiger partial charge in [-0.1, -0.05) is 42.5 Å². The Morgan fingerprint density at radius 1 is 0.933 bits per heavy atom. The monoisotopic (exact) mass is 401 g/mol. The normalized spacial score (nSPS) is 12.1. The average Bonchev–Trinajstić information content (AvgIpc) is 3.41. The van der Waals surface area contributed by atoms with Crippen molar-refractivity contribution in [1.82, 2.24) is 5.32 Å². The third kappa shape index (κ3) is 3.55. The van der Waals surface area contributed by atoms with Crippen LogP contribution in [0.1, 0.15) is 21.7 Å². The van der Waals surface area contributed by atoms with Gasteiger partial charge < -0.3 is 23.9 Å². The molecule has 0 unspecified atom stereocenters. The number of carbonyl (C=O) groups is 1. The molecule has 0 spiro atoms. The Morgan fingerprint density at radius 2 is 1.73 bits per heavy atom. The van der Waals surface area contributed by atoms with Crippen molar-refractivity contribution in [1.29, 1.82) is 0 Å². The molecular weight excluding hydrogens is 382 g/mol. The maximum absolute atomic E-state index is 12.9. The molecule has 0 fully saturated rings. The van der Waals surface area contributed by atoms with E-state index in [1.54, 1.807) is 0 Å². The van der Waals surface area contributed by atoms with Crippen LogP contribution in [0, 0.1) is 0 Å². The molecule has 1 aromatic heterocycles. The predicted octanol–water partition coefficient (Wildman–Crippen LogP) is 4.67. The highest BCUT2D eigenvalue weighted by atomic mass is 16.7. The molecule has 1 N–H and O–H groups in total. The van der Waals surface area contributed by atoms with Crippen LogP contribution in [0.5, 0.6) is 17.2 Å². The summed E-state index contributed by atoms with van der Waals surface area (Å²) in [7, 11) is 0. The molecule has 4 aromatic rings. The van der Waals surface area contributed by atoms with Crippen LogP contribution < -0.4 is 19.5 Å². The predicted molar refractivity (Wildman–Crippen MR) is 111 cm³/mol. The summed E-state index contributed by atoms with van der Waals surface area (Å²) >= 11 is 0. The van der Waals surface area contributed by atoms with Crippen LogP contribution >= 0.6 is 0 Å². The zero-order chi connectivity index (χ0) is 20.3. The maximum atomic E-state index is 12.9. The molecule has 0 radical (unpaired) electrons. The van der Waals surface area contributed by atoms with E-state index in [-0.39, 0.29) is 25.1 Å². The molecule has 0 saturated heterocycles. The first kappa shape index (κ1) is 18.1. The smallest absolute Gasteiger partial charge is 0.287 e. The van der Waals surface area contributed by atoms with E-state index in [9.17, 15) is 4.79 Å². The highest BCUT2D eigenvalue weighted by Gasteiger charge is 2.21. The van der Waals surface area contributed by atoms with E-state index in [2.05, 4.69) is 5.32 Å². The Balaban J connectivity index is 1.36. The van der Waals surface area contributed by atoms with Crippen LogP contribution in [0.3, 0.4) is 0 Å². The Morgan fingerprint density at radius 3 is 2.63 bits per heavy atom. The number of nitrogens with one attached hydrogen (secondary N) is 1. The second kappa shape index (κ2) is 7.83. The second-order valence-corrected chi connectivity index (χ2v) is 6.88. The van der Waals surface area contributed by atoms with Gasteiger partial charge in [-0.15, -0.1) is 0 Å².